The third-order valence-electron chi connectivity index (χ3n) is 2.91. The number of pyridine rings is 1. The molecule has 104 valence electrons. The molecule has 1 aliphatic rings. The van der Waals surface area contributed by atoms with Gasteiger partial charge in [0.05, 0.1) is 17.5 Å². The van der Waals surface area contributed by atoms with Crippen molar-refractivity contribution in [3.05, 3.63) is 36.3 Å². The summed E-state index contributed by atoms with van der Waals surface area (Å²) in [5, 5.41) is 8.66. The van der Waals surface area contributed by atoms with Crippen LogP contribution in [0.1, 0.15) is 5.56 Å². The number of hydrogen-bond acceptors (Lipinski definition) is 4. The zero-order valence-electron chi connectivity index (χ0n) is 11.1. The van der Waals surface area contributed by atoms with Crippen LogP contribution in [-0.2, 0) is 11.8 Å². The Kier molecular flexibility index (Phi) is 3.12. The Morgan fingerprint density at radius 1 is 1.38 bits per heavy atom. The van der Waals surface area contributed by atoms with E-state index in [1.807, 2.05) is 13.2 Å². The lowest BCUT2D eigenvalue weighted by molar-refractivity contribution is -0.119. The fraction of sp³-hybridized carbons (Fsp3) is 0.143. The lowest BCUT2D eigenvalue weighted by atomic mass is 10.1. The molecule has 2 N–H and O–H groups in total. The average molecular weight is 281 g/mol. The summed E-state index contributed by atoms with van der Waals surface area (Å²) in [6.45, 7) is 0. The summed E-state index contributed by atoms with van der Waals surface area (Å²) in [5.74, 6) is 5.18. The minimum atomic E-state index is -0.834. The van der Waals surface area contributed by atoms with E-state index in [2.05, 4.69) is 32.6 Å². The van der Waals surface area contributed by atoms with Crippen LogP contribution in [0.4, 0.5) is 4.79 Å². The van der Waals surface area contributed by atoms with Gasteiger partial charge in [-0.3, -0.25) is 19.8 Å². The molecule has 7 heteroatoms. The van der Waals surface area contributed by atoms with Crippen molar-refractivity contribution >= 4 is 11.9 Å². The number of aryl methyl sites for hydroxylation is 1. The number of nitrogens with one attached hydrogen (secondary N) is 2. The Morgan fingerprint density at radius 2 is 2.24 bits per heavy atom. The lowest BCUT2D eigenvalue weighted by Gasteiger charge is -2.00. The molecule has 2 aromatic rings. The van der Waals surface area contributed by atoms with Crippen LogP contribution in [0.3, 0.4) is 0 Å². The van der Waals surface area contributed by atoms with Gasteiger partial charge in [0.25, 0.3) is 5.91 Å². The number of urea groups is 1. The van der Waals surface area contributed by atoms with Crippen molar-refractivity contribution in [2.45, 2.75) is 6.04 Å². The molecular formula is C14H11N5O2. The molecule has 0 bridgehead atoms. The number of imide groups is 1. The van der Waals surface area contributed by atoms with Crippen LogP contribution in [0, 0.1) is 11.8 Å². The van der Waals surface area contributed by atoms with E-state index >= 15 is 0 Å². The summed E-state index contributed by atoms with van der Waals surface area (Å²) in [6.07, 6.45) is 5.19. The molecule has 1 atom stereocenters. The summed E-state index contributed by atoms with van der Waals surface area (Å²) in [6, 6.07) is 2.20. The molecule has 3 heterocycles. The van der Waals surface area contributed by atoms with E-state index in [-0.39, 0.29) is 0 Å². The topological polar surface area (TPSA) is 88.9 Å². The molecular weight excluding hydrogens is 270 g/mol. The van der Waals surface area contributed by atoms with Crippen LogP contribution < -0.4 is 10.6 Å². The molecule has 0 aliphatic carbocycles. The highest BCUT2D eigenvalue weighted by atomic mass is 16.2. The first-order valence-corrected chi connectivity index (χ1v) is 6.20. The highest BCUT2D eigenvalue weighted by molar-refractivity contribution is 6.05. The first-order chi connectivity index (χ1) is 10.1. The SMILES string of the molecule is Cn1cc(-c2ncccc2C#CC2NC(=O)NC2=O)cn1. The highest BCUT2D eigenvalue weighted by Crippen LogP contribution is 2.19. The summed E-state index contributed by atoms with van der Waals surface area (Å²) in [5.41, 5.74) is 2.18. The monoisotopic (exact) mass is 281 g/mol. The van der Waals surface area contributed by atoms with Gasteiger partial charge in [-0.25, -0.2) is 4.79 Å². The molecule has 1 saturated heterocycles. The van der Waals surface area contributed by atoms with Crippen molar-refractivity contribution < 1.29 is 9.59 Å². The van der Waals surface area contributed by atoms with E-state index in [1.165, 1.54) is 0 Å². The van der Waals surface area contributed by atoms with Gasteiger partial charge in [0, 0.05) is 25.0 Å². The fourth-order valence-corrected chi connectivity index (χ4v) is 1.95. The second-order valence-corrected chi connectivity index (χ2v) is 4.47. The van der Waals surface area contributed by atoms with Gasteiger partial charge >= 0.3 is 6.03 Å². The fourth-order valence-electron chi connectivity index (χ4n) is 1.95. The van der Waals surface area contributed by atoms with Gasteiger partial charge in [0.1, 0.15) is 0 Å². The van der Waals surface area contributed by atoms with E-state index in [0.29, 0.717) is 11.3 Å². The molecule has 21 heavy (non-hydrogen) atoms. The van der Waals surface area contributed by atoms with Crippen molar-refractivity contribution in [2.24, 2.45) is 7.05 Å². The average Bonchev–Trinajstić information content (AvgIpc) is 3.02. The minimum Gasteiger partial charge on any atom is -0.316 e. The third kappa shape index (κ3) is 2.60. The van der Waals surface area contributed by atoms with Crippen LogP contribution in [-0.4, -0.2) is 32.7 Å². The van der Waals surface area contributed by atoms with E-state index in [9.17, 15) is 9.59 Å². The number of rotatable bonds is 1. The molecule has 7 nitrogen and oxygen atoms in total. The van der Waals surface area contributed by atoms with Gasteiger partial charge in [-0.1, -0.05) is 11.8 Å². The lowest BCUT2D eigenvalue weighted by Crippen LogP contribution is -2.26. The molecule has 3 rings (SSSR count). The van der Waals surface area contributed by atoms with Crippen LogP contribution in [0.2, 0.25) is 0 Å². The molecule has 0 aromatic carbocycles. The van der Waals surface area contributed by atoms with E-state index in [4.69, 9.17) is 0 Å². The third-order valence-corrected chi connectivity index (χ3v) is 2.91. The van der Waals surface area contributed by atoms with Gasteiger partial charge in [-0.2, -0.15) is 5.10 Å². The summed E-state index contributed by atoms with van der Waals surface area (Å²) in [4.78, 5) is 26.8. The number of carbonyl (C=O) groups is 2. The maximum Gasteiger partial charge on any atom is 0.322 e. The smallest absolute Gasteiger partial charge is 0.316 e. The van der Waals surface area contributed by atoms with Gasteiger partial charge in [-0.15, -0.1) is 0 Å². The van der Waals surface area contributed by atoms with E-state index in [0.717, 1.165) is 5.56 Å². The van der Waals surface area contributed by atoms with Crippen molar-refractivity contribution in [3.8, 4) is 23.1 Å². The Labute approximate surface area is 120 Å². The number of aromatic nitrogens is 3. The molecule has 2 aromatic heterocycles. The van der Waals surface area contributed by atoms with Gasteiger partial charge in [0.15, 0.2) is 6.04 Å². The first-order valence-electron chi connectivity index (χ1n) is 6.20. The molecule has 3 amide bonds. The standard InChI is InChI=1S/C14H11N5O2/c1-19-8-10(7-16-19)12-9(3-2-6-15-12)4-5-11-13(20)18-14(21)17-11/h2-3,6-8,11H,1H3,(H2,17,18,20,21). The van der Waals surface area contributed by atoms with Crippen LogP contribution in [0.5, 0.6) is 0 Å². The second-order valence-electron chi connectivity index (χ2n) is 4.47. The molecule has 0 spiro atoms. The van der Waals surface area contributed by atoms with E-state index in [1.54, 1.807) is 29.2 Å². The first kappa shape index (κ1) is 12.9. The van der Waals surface area contributed by atoms with Crippen LogP contribution >= 0.6 is 0 Å². The minimum absolute atomic E-state index is 0.445. The number of hydrogen-bond donors (Lipinski definition) is 2. The maximum absolute atomic E-state index is 11.4. The molecule has 1 fully saturated rings. The van der Waals surface area contributed by atoms with Crippen LogP contribution in [0.15, 0.2) is 30.7 Å². The molecule has 1 unspecified atom stereocenters. The molecule has 0 saturated carbocycles. The van der Waals surface area contributed by atoms with Crippen molar-refractivity contribution in [1.82, 2.24) is 25.4 Å². The normalized spacial score (nSPS) is 16.9. The largest absolute Gasteiger partial charge is 0.322 e. The molecule has 1 aliphatic heterocycles. The Bertz CT molecular complexity index is 784. The Hall–Kier alpha value is -3.14. The van der Waals surface area contributed by atoms with Gasteiger partial charge in [-0.05, 0) is 12.1 Å². The van der Waals surface area contributed by atoms with Crippen LogP contribution in [0.25, 0.3) is 11.3 Å². The van der Waals surface area contributed by atoms with Crippen molar-refractivity contribution in [2.75, 3.05) is 0 Å². The zero-order chi connectivity index (χ0) is 14.8. The zero-order valence-corrected chi connectivity index (χ0v) is 11.1. The quantitative estimate of drug-likeness (QED) is 0.570. The predicted molar refractivity (Wildman–Crippen MR) is 73.8 cm³/mol. The summed E-state index contributed by atoms with van der Waals surface area (Å²) >= 11 is 0. The molecule has 0 radical (unpaired) electrons. The van der Waals surface area contributed by atoms with Crippen molar-refractivity contribution in [1.29, 1.82) is 0 Å². The number of carbonyl (C=O) groups excluding carboxylic acids is 2. The summed E-state index contributed by atoms with van der Waals surface area (Å²) in [7, 11) is 1.82. The Morgan fingerprint density at radius 3 is 2.90 bits per heavy atom. The van der Waals surface area contributed by atoms with Gasteiger partial charge in [0.2, 0.25) is 0 Å². The predicted octanol–water partition coefficient (Wildman–Crippen LogP) is 0.0416. The Balaban J connectivity index is 1.94. The number of amides is 3. The summed E-state index contributed by atoms with van der Waals surface area (Å²) < 4.78 is 1.67. The second kappa shape index (κ2) is 5.09. The maximum atomic E-state index is 11.4. The highest BCUT2D eigenvalue weighted by Gasteiger charge is 2.27. The van der Waals surface area contributed by atoms with E-state index < -0.39 is 18.0 Å². The number of nitrogens with zero attached hydrogens (tertiary/aromatic N) is 3. The van der Waals surface area contributed by atoms with Gasteiger partial charge < -0.3 is 5.32 Å². The van der Waals surface area contributed by atoms with Crippen molar-refractivity contribution in [3.63, 3.8) is 0 Å².